The normalized spacial score (nSPS) is 13.2. The molecule has 0 spiro atoms. The van der Waals surface area contributed by atoms with Crippen LogP contribution in [0.15, 0.2) is 146 Å². The highest BCUT2D eigenvalue weighted by Crippen LogP contribution is 2.39. The zero-order valence-corrected chi connectivity index (χ0v) is 53.3. The van der Waals surface area contributed by atoms with Crippen molar-refractivity contribution < 1.29 is 49.8 Å². The molecule has 0 aliphatic carbocycles. The molecule has 0 bridgehead atoms. The Labute approximate surface area is 517 Å². The zero-order chi connectivity index (χ0) is 63.7. The van der Waals surface area contributed by atoms with Gasteiger partial charge in [0.05, 0.1) is 37.6 Å². The molecule has 468 valence electrons. The van der Waals surface area contributed by atoms with Crippen molar-refractivity contribution in [3.63, 3.8) is 0 Å². The molecule has 0 aliphatic heterocycles. The van der Waals surface area contributed by atoms with Gasteiger partial charge in [-0.3, -0.25) is 19.2 Å². The molecule has 87 heavy (non-hydrogen) atoms. The first-order chi connectivity index (χ1) is 41.3. The van der Waals surface area contributed by atoms with Gasteiger partial charge in [0.15, 0.2) is 5.78 Å². The van der Waals surface area contributed by atoms with Crippen molar-refractivity contribution >= 4 is 23.5 Å². The molecule has 0 heterocycles. The van der Waals surface area contributed by atoms with E-state index in [0.717, 1.165) is 38.9 Å². The fourth-order valence-corrected chi connectivity index (χ4v) is 12.5. The van der Waals surface area contributed by atoms with Crippen molar-refractivity contribution in [2.24, 2.45) is 11.3 Å². The van der Waals surface area contributed by atoms with Gasteiger partial charge in [0, 0.05) is 65.5 Å². The first-order valence-corrected chi connectivity index (χ1v) is 31.0. The van der Waals surface area contributed by atoms with Crippen LogP contribution in [0.2, 0.25) is 0 Å². The van der Waals surface area contributed by atoms with E-state index in [1.807, 2.05) is 177 Å². The molecule has 3 amide bonds. The summed E-state index contributed by atoms with van der Waals surface area (Å²) in [6.07, 6.45) is 2.09. The maximum atomic E-state index is 15.0. The van der Waals surface area contributed by atoms with Gasteiger partial charge in [-0.25, -0.2) is 0 Å². The highest BCUT2D eigenvalue weighted by molar-refractivity contribution is 6.00. The predicted octanol–water partition coefficient (Wildman–Crippen LogP) is 11.0. The molecule has 6 rings (SSSR count). The number of amides is 3. The first kappa shape index (κ1) is 69.3. The number of carbonyl (C=O) groups is 4. The standard InChI is InChI=1S/C74H97N3O10/c1-52-33-34-56(36-38-61(83)49-58-26-16-19-31-64(58)69(86)77(41-45-81)74(9,10)59-27-12-11-13-28-59)65(46-52)70(87)76(40-44-80)73(7,8)51-54-23-20-22-53(47-54)50-72(5,6)66(32-21-42-78)67(84)62-29-17-15-25-57(62)48-60(82)37-35-55-24-14-18-30-63(55)68(85)75(39-43-79)71(2,3)4/h11-20,22-31,33-34,46-47,60-61,66,78-83H,21,32,35-45,48-51H2,1-10H3. The molecule has 6 aromatic rings. The molecule has 0 radical (unpaired) electrons. The second-order valence-corrected chi connectivity index (χ2v) is 26.3. The maximum Gasteiger partial charge on any atom is 0.254 e. The number of benzene rings is 6. The minimum Gasteiger partial charge on any atom is -0.396 e. The average molecular weight is 1190 g/mol. The number of nitrogens with zero attached hydrogens (tertiary/aromatic N) is 3. The van der Waals surface area contributed by atoms with Crippen LogP contribution in [0.25, 0.3) is 0 Å². The number of β-amino-alcohol motifs (C(OH)–C–C–N with tert-alkyl or cyclic N) is 2. The number of aryl methyl sites for hydroxylation is 3. The van der Waals surface area contributed by atoms with Crippen LogP contribution < -0.4 is 0 Å². The van der Waals surface area contributed by atoms with Crippen LogP contribution in [0.1, 0.15) is 174 Å². The lowest BCUT2D eigenvalue weighted by molar-refractivity contribution is 0.0474. The second kappa shape index (κ2) is 31.4. The Morgan fingerprint density at radius 2 is 0.908 bits per heavy atom. The second-order valence-electron chi connectivity index (χ2n) is 26.3. The Kier molecular flexibility index (Phi) is 25.0. The summed E-state index contributed by atoms with van der Waals surface area (Å²) in [5.74, 6) is -1.20. The van der Waals surface area contributed by atoms with Crippen LogP contribution in [0.3, 0.4) is 0 Å². The number of aliphatic hydroxyl groups is 6. The molecule has 3 unspecified atom stereocenters. The van der Waals surface area contributed by atoms with Crippen LogP contribution in [-0.2, 0) is 44.1 Å². The first-order valence-electron chi connectivity index (χ1n) is 31.0. The number of rotatable bonds is 32. The number of Topliss-reactive ketones (excluding diaryl/α,β-unsaturated/α-hetero) is 1. The van der Waals surface area contributed by atoms with Crippen molar-refractivity contribution in [2.45, 2.75) is 162 Å². The van der Waals surface area contributed by atoms with Crippen LogP contribution >= 0.6 is 0 Å². The summed E-state index contributed by atoms with van der Waals surface area (Å²) in [7, 11) is 0. The zero-order valence-electron chi connectivity index (χ0n) is 53.3. The Hall–Kier alpha value is -6.84. The van der Waals surface area contributed by atoms with Crippen molar-refractivity contribution in [1.29, 1.82) is 0 Å². The molecule has 6 N–H and O–H groups in total. The fraction of sp³-hybridized carbons (Fsp3) is 0.459. The summed E-state index contributed by atoms with van der Waals surface area (Å²) in [6.45, 7) is 19.5. The monoisotopic (exact) mass is 1190 g/mol. The van der Waals surface area contributed by atoms with E-state index in [1.54, 1.807) is 32.9 Å². The molecule has 0 aromatic heterocycles. The summed E-state index contributed by atoms with van der Waals surface area (Å²) < 4.78 is 0. The van der Waals surface area contributed by atoms with Gasteiger partial charge in [-0.1, -0.05) is 147 Å². The van der Waals surface area contributed by atoms with Crippen molar-refractivity contribution in [2.75, 3.05) is 46.1 Å². The number of hydrogen-bond acceptors (Lipinski definition) is 10. The Morgan fingerprint density at radius 3 is 1.47 bits per heavy atom. The van der Waals surface area contributed by atoms with Gasteiger partial charge in [0.2, 0.25) is 0 Å². The number of aliphatic hydroxyl groups excluding tert-OH is 6. The third kappa shape index (κ3) is 18.4. The van der Waals surface area contributed by atoms with Gasteiger partial charge < -0.3 is 45.3 Å². The SMILES string of the molecule is Cc1ccc(CCC(O)Cc2ccccc2C(=O)N(CCO)C(C)(C)c2ccccc2)c(C(=O)N(CCO)C(C)(C)Cc2cccc(CC(C)(C)C(CCCO)C(=O)c3ccccc3CC(O)CCc3ccccc3C(=O)N(CCO)C(C)(C)C)c2)c1. The van der Waals surface area contributed by atoms with Crippen LogP contribution in [0, 0.1) is 18.3 Å². The van der Waals surface area contributed by atoms with Gasteiger partial charge in [-0.15, -0.1) is 0 Å². The van der Waals surface area contributed by atoms with E-state index in [1.165, 1.54) is 0 Å². The smallest absolute Gasteiger partial charge is 0.254 e. The largest absolute Gasteiger partial charge is 0.396 e. The summed E-state index contributed by atoms with van der Waals surface area (Å²) in [4.78, 5) is 63.2. The van der Waals surface area contributed by atoms with Crippen LogP contribution in [0.5, 0.6) is 0 Å². The van der Waals surface area contributed by atoms with E-state index in [2.05, 4.69) is 19.9 Å². The minimum atomic E-state index is -0.854. The predicted molar refractivity (Wildman–Crippen MR) is 346 cm³/mol. The van der Waals surface area contributed by atoms with E-state index < -0.39 is 40.2 Å². The quantitative estimate of drug-likeness (QED) is 0.0221. The van der Waals surface area contributed by atoms with E-state index in [-0.39, 0.29) is 82.4 Å². The molecule has 13 nitrogen and oxygen atoms in total. The number of ketones is 1. The molecule has 0 aliphatic rings. The lowest BCUT2D eigenvalue weighted by Crippen LogP contribution is -2.50. The lowest BCUT2D eigenvalue weighted by atomic mass is 9.69. The third-order valence-corrected chi connectivity index (χ3v) is 17.3. The number of hydrogen-bond donors (Lipinski definition) is 6. The summed E-state index contributed by atoms with van der Waals surface area (Å²) in [6, 6.07) is 45.7. The van der Waals surface area contributed by atoms with E-state index >= 15 is 0 Å². The highest BCUT2D eigenvalue weighted by atomic mass is 16.3. The van der Waals surface area contributed by atoms with Crippen molar-refractivity contribution in [3.05, 3.63) is 212 Å². The topological polar surface area (TPSA) is 199 Å². The van der Waals surface area contributed by atoms with Gasteiger partial charge in [0.1, 0.15) is 0 Å². The van der Waals surface area contributed by atoms with Gasteiger partial charge >= 0.3 is 0 Å². The Morgan fingerprint density at radius 1 is 0.448 bits per heavy atom. The average Bonchev–Trinajstić information content (AvgIpc) is 1.19. The van der Waals surface area contributed by atoms with Crippen molar-refractivity contribution in [3.8, 4) is 0 Å². The summed E-state index contributed by atoms with van der Waals surface area (Å²) in [5, 5.41) is 63.7. The van der Waals surface area contributed by atoms with Crippen LogP contribution in [-0.4, -0.2) is 138 Å². The maximum absolute atomic E-state index is 15.0. The van der Waals surface area contributed by atoms with E-state index in [0.29, 0.717) is 79.2 Å². The Balaban J connectivity index is 1.15. The van der Waals surface area contributed by atoms with Crippen LogP contribution in [0.4, 0.5) is 0 Å². The fourth-order valence-electron chi connectivity index (χ4n) is 12.5. The molecule has 3 atom stereocenters. The molecule has 0 fully saturated rings. The van der Waals surface area contributed by atoms with E-state index in [9.17, 15) is 49.8 Å². The van der Waals surface area contributed by atoms with Gasteiger partial charge in [0.25, 0.3) is 17.7 Å². The molecule has 13 heteroatoms. The summed E-state index contributed by atoms with van der Waals surface area (Å²) >= 11 is 0. The lowest BCUT2D eigenvalue weighted by Gasteiger charge is -2.39. The van der Waals surface area contributed by atoms with Crippen molar-refractivity contribution in [1.82, 2.24) is 14.7 Å². The van der Waals surface area contributed by atoms with Gasteiger partial charge in [-0.2, -0.15) is 0 Å². The molecule has 6 aromatic carbocycles. The van der Waals surface area contributed by atoms with E-state index in [4.69, 9.17) is 0 Å². The molecule has 0 saturated carbocycles. The molecule has 0 saturated heterocycles. The molecular formula is C74H97N3O10. The number of carbonyl (C=O) groups excluding carboxylic acids is 4. The van der Waals surface area contributed by atoms with Gasteiger partial charge in [-0.05, 0) is 182 Å². The summed E-state index contributed by atoms with van der Waals surface area (Å²) in [5.41, 5.74) is 6.15. The highest BCUT2D eigenvalue weighted by Gasteiger charge is 2.38. The third-order valence-electron chi connectivity index (χ3n) is 17.3. The Bertz CT molecular complexity index is 3220. The molecular weight excluding hydrogens is 1090 g/mol. The minimum absolute atomic E-state index is 0.0543.